The average Bonchev–Trinajstić information content (AvgIpc) is 3.43. The molecule has 0 bridgehead atoms. The highest BCUT2D eigenvalue weighted by Crippen LogP contribution is 2.31. The van der Waals surface area contributed by atoms with Gasteiger partial charge in [0.15, 0.2) is 4.80 Å². The minimum atomic E-state index is -0.806. The predicted octanol–water partition coefficient (Wildman–Crippen LogP) is 5.56. The molecular weight excluding hydrogens is 554 g/mol. The maximum atomic E-state index is 14.0. The molecule has 5 aromatic rings. The molecule has 3 heterocycles. The molecule has 0 fully saturated rings. The van der Waals surface area contributed by atoms with E-state index in [0.717, 1.165) is 22.6 Å². The molecule has 0 radical (unpaired) electrons. The number of fused-ring (bicyclic) bond motifs is 1. The molecule has 1 unspecified atom stereocenters. The van der Waals surface area contributed by atoms with Gasteiger partial charge in [0.25, 0.3) is 11.5 Å². The highest BCUT2D eigenvalue weighted by Gasteiger charge is 2.32. The number of amides is 1. The van der Waals surface area contributed by atoms with Crippen molar-refractivity contribution in [3.8, 4) is 5.69 Å². The second-order valence-electron chi connectivity index (χ2n) is 10.1. The van der Waals surface area contributed by atoms with E-state index >= 15 is 0 Å². The lowest BCUT2D eigenvalue weighted by molar-refractivity contribution is -0.113. The van der Waals surface area contributed by atoms with E-state index in [4.69, 9.17) is 0 Å². The number of benzene rings is 3. The van der Waals surface area contributed by atoms with E-state index in [0.29, 0.717) is 31.9 Å². The summed E-state index contributed by atoms with van der Waals surface area (Å²) >= 11 is 1.23. The summed E-state index contributed by atoms with van der Waals surface area (Å²) in [5.41, 5.74) is 5.13. The number of rotatable bonds is 5. The number of hydrogen-bond acceptors (Lipinski definition) is 4. The first kappa shape index (κ1) is 27.3. The van der Waals surface area contributed by atoms with Crippen molar-refractivity contribution in [2.75, 3.05) is 5.32 Å². The predicted molar refractivity (Wildman–Crippen MR) is 160 cm³/mol. The van der Waals surface area contributed by atoms with Gasteiger partial charge in [-0.15, -0.1) is 0 Å². The Balaban J connectivity index is 1.49. The summed E-state index contributed by atoms with van der Waals surface area (Å²) in [6.07, 6.45) is 1.82. The molecule has 210 valence electrons. The summed E-state index contributed by atoms with van der Waals surface area (Å²) in [6.45, 7) is 5.63. The molecule has 6 rings (SSSR count). The highest BCUT2D eigenvalue weighted by molar-refractivity contribution is 7.07. The first-order chi connectivity index (χ1) is 20.2. The molecule has 0 saturated carbocycles. The van der Waals surface area contributed by atoms with Gasteiger partial charge in [-0.1, -0.05) is 41.7 Å². The smallest absolute Gasteiger partial charge is 0.271 e. The normalized spacial score (nSPS) is 15.0. The molecule has 0 aliphatic carbocycles. The number of para-hydroxylation sites is 1. The van der Waals surface area contributed by atoms with E-state index in [2.05, 4.69) is 10.3 Å². The van der Waals surface area contributed by atoms with Crippen molar-refractivity contribution in [3.63, 3.8) is 0 Å². The van der Waals surface area contributed by atoms with Gasteiger partial charge in [0.2, 0.25) is 0 Å². The van der Waals surface area contributed by atoms with Gasteiger partial charge in [-0.25, -0.2) is 13.8 Å². The maximum Gasteiger partial charge on any atom is 0.271 e. The van der Waals surface area contributed by atoms with Gasteiger partial charge in [0.05, 0.1) is 21.8 Å². The Morgan fingerprint density at radius 3 is 2.24 bits per heavy atom. The van der Waals surface area contributed by atoms with Crippen LogP contribution in [0, 0.1) is 25.5 Å². The Labute approximate surface area is 244 Å². The molecule has 9 heteroatoms. The summed E-state index contributed by atoms with van der Waals surface area (Å²) in [7, 11) is 0. The van der Waals surface area contributed by atoms with Gasteiger partial charge >= 0.3 is 0 Å². The first-order valence-electron chi connectivity index (χ1n) is 13.3. The quantitative estimate of drug-likeness (QED) is 0.296. The number of nitrogens with zero attached hydrogens (tertiary/aromatic N) is 3. The summed E-state index contributed by atoms with van der Waals surface area (Å²) in [5.74, 6) is -1.13. The standard InChI is InChI=1S/C33H26F2N4O2S/c1-19-17-23(21(3)38(19)27-15-13-25(35)14-16-27)18-28-32(41)39-30(22-9-11-24(34)12-10-22)29(20(2)36-33(39)42-28)31(40)37-26-7-5-4-6-8-26/h4-18,30H,1-3H3,(H,37,40)/b28-18+. The summed E-state index contributed by atoms with van der Waals surface area (Å²) in [6, 6.07) is 22.2. The van der Waals surface area contributed by atoms with E-state index in [1.54, 1.807) is 43.3 Å². The fraction of sp³-hybridized carbons (Fsp3) is 0.121. The van der Waals surface area contributed by atoms with Gasteiger partial charge in [-0.3, -0.25) is 14.2 Å². The van der Waals surface area contributed by atoms with Gasteiger partial charge in [-0.05, 0) is 92.6 Å². The lowest BCUT2D eigenvalue weighted by Crippen LogP contribution is -2.40. The number of aryl methyl sites for hydroxylation is 1. The SMILES string of the molecule is CC1=C(C(=O)Nc2ccccc2)C(c2ccc(F)cc2)n2c(s/c(=C/c3cc(C)n(-c4ccc(F)cc4)c3C)c2=O)=N1. The lowest BCUT2D eigenvalue weighted by Gasteiger charge is -2.25. The number of allylic oxidation sites excluding steroid dienone is 1. The Morgan fingerprint density at radius 1 is 0.929 bits per heavy atom. The van der Waals surface area contributed by atoms with Crippen LogP contribution in [0.25, 0.3) is 11.8 Å². The zero-order chi connectivity index (χ0) is 29.5. The molecule has 1 aliphatic rings. The molecule has 0 saturated heterocycles. The topological polar surface area (TPSA) is 68.4 Å². The Kier molecular flexibility index (Phi) is 7.04. The van der Waals surface area contributed by atoms with Crippen LogP contribution in [0.1, 0.15) is 35.5 Å². The number of aromatic nitrogens is 2. The van der Waals surface area contributed by atoms with E-state index in [-0.39, 0.29) is 11.4 Å². The molecule has 0 spiro atoms. The van der Waals surface area contributed by atoms with Crippen LogP contribution in [0.2, 0.25) is 0 Å². The number of nitrogens with one attached hydrogen (secondary N) is 1. The fourth-order valence-corrected chi connectivity index (χ4v) is 6.39. The minimum absolute atomic E-state index is 0.305. The van der Waals surface area contributed by atoms with Crippen LogP contribution in [0.4, 0.5) is 14.5 Å². The van der Waals surface area contributed by atoms with E-state index in [9.17, 15) is 18.4 Å². The molecule has 3 aromatic carbocycles. The van der Waals surface area contributed by atoms with Crippen LogP contribution in [0.15, 0.2) is 106 Å². The van der Waals surface area contributed by atoms with Crippen molar-refractivity contribution in [3.05, 3.63) is 150 Å². The van der Waals surface area contributed by atoms with Crippen LogP contribution >= 0.6 is 11.3 Å². The van der Waals surface area contributed by atoms with E-state index in [1.807, 2.05) is 48.8 Å². The van der Waals surface area contributed by atoms with Crippen LogP contribution in [0.3, 0.4) is 0 Å². The van der Waals surface area contributed by atoms with Gasteiger partial charge < -0.3 is 9.88 Å². The van der Waals surface area contributed by atoms with Crippen LogP contribution in [-0.2, 0) is 4.79 Å². The Morgan fingerprint density at radius 2 is 1.57 bits per heavy atom. The Bertz CT molecular complexity index is 2040. The molecular formula is C33H26F2N4O2S. The van der Waals surface area contributed by atoms with Gasteiger partial charge in [0, 0.05) is 22.8 Å². The van der Waals surface area contributed by atoms with Crippen LogP contribution < -0.4 is 20.2 Å². The van der Waals surface area contributed by atoms with Crippen molar-refractivity contribution in [2.24, 2.45) is 4.99 Å². The molecule has 1 amide bonds. The van der Waals surface area contributed by atoms with Gasteiger partial charge in [-0.2, -0.15) is 0 Å². The summed E-state index contributed by atoms with van der Waals surface area (Å²) < 4.78 is 31.4. The number of carbonyl (C=O) groups is 1. The number of anilines is 1. The maximum absolute atomic E-state index is 14.0. The lowest BCUT2D eigenvalue weighted by atomic mass is 9.95. The fourth-order valence-electron chi connectivity index (χ4n) is 5.35. The van der Waals surface area contributed by atoms with Gasteiger partial charge in [0.1, 0.15) is 11.6 Å². The third-order valence-corrected chi connectivity index (χ3v) is 8.31. The van der Waals surface area contributed by atoms with Crippen LogP contribution in [-0.4, -0.2) is 15.0 Å². The second-order valence-corrected chi connectivity index (χ2v) is 11.1. The molecule has 1 aliphatic heterocycles. The molecule has 6 nitrogen and oxygen atoms in total. The monoisotopic (exact) mass is 580 g/mol. The van der Waals surface area contributed by atoms with Crippen molar-refractivity contribution in [1.82, 2.24) is 9.13 Å². The minimum Gasteiger partial charge on any atom is -0.322 e. The summed E-state index contributed by atoms with van der Waals surface area (Å²) in [5, 5.41) is 2.91. The molecule has 2 aromatic heterocycles. The molecule has 1 N–H and O–H groups in total. The van der Waals surface area contributed by atoms with Crippen molar-refractivity contribution in [1.29, 1.82) is 0 Å². The second kappa shape index (κ2) is 10.8. The third-order valence-electron chi connectivity index (χ3n) is 7.33. The van der Waals surface area contributed by atoms with Crippen molar-refractivity contribution >= 4 is 29.0 Å². The van der Waals surface area contributed by atoms with Crippen molar-refractivity contribution in [2.45, 2.75) is 26.8 Å². The first-order valence-corrected chi connectivity index (χ1v) is 14.1. The number of halogens is 2. The van der Waals surface area contributed by atoms with E-state index in [1.165, 1.54) is 40.2 Å². The van der Waals surface area contributed by atoms with Crippen molar-refractivity contribution < 1.29 is 13.6 Å². The average molecular weight is 581 g/mol. The van der Waals surface area contributed by atoms with Crippen LogP contribution in [0.5, 0.6) is 0 Å². The Hall–Kier alpha value is -4.89. The zero-order valence-electron chi connectivity index (χ0n) is 23.1. The zero-order valence-corrected chi connectivity index (χ0v) is 23.9. The largest absolute Gasteiger partial charge is 0.322 e. The van der Waals surface area contributed by atoms with E-state index < -0.39 is 17.8 Å². The molecule has 42 heavy (non-hydrogen) atoms. The number of hydrogen-bond donors (Lipinski definition) is 1. The number of carbonyl (C=O) groups excluding carboxylic acids is 1. The summed E-state index contributed by atoms with van der Waals surface area (Å²) in [4.78, 5) is 32.8. The third kappa shape index (κ3) is 4.92. The number of thiazole rings is 1. The highest BCUT2D eigenvalue weighted by atomic mass is 32.1. The molecule has 1 atom stereocenters.